The van der Waals surface area contributed by atoms with Gasteiger partial charge in [0, 0.05) is 0 Å². The molecule has 0 atom stereocenters. The van der Waals surface area contributed by atoms with Crippen LogP contribution in [-0.4, -0.2) is 86.2 Å². The lowest BCUT2D eigenvalue weighted by atomic mass is 10.2. The molecular formula is C10H24Cl2N4. The summed E-state index contributed by atoms with van der Waals surface area (Å²) in [5.41, 5.74) is 0. The molecule has 0 aliphatic rings. The zero-order chi connectivity index (χ0) is 13.3. The summed E-state index contributed by atoms with van der Waals surface area (Å²) in [6.07, 6.45) is 0. The van der Waals surface area contributed by atoms with E-state index in [-0.39, 0.29) is 0 Å². The molecule has 0 heterocycles. The minimum atomic E-state index is -0.846. The second-order valence-electron chi connectivity index (χ2n) is 4.75. The Labute approximate surface area is 110 Å². The molecule has 4 nitrogen and oxygen atoms in total. The Hall–Kier alpha value is 0.420. The maximum absolute atomic E-state index is 6.74. The van der Waals surface area contributed by atoms with Gasteiger partial charge in [-0.3, -0.25) is 19.6 Å². The Morgan fingerprint density at radius 2 is 0.625 bits per heavy atom. The van der Waals surface area contributed by atoms with Gasteiger partial charge in [-0.1, -0.05) is 23.2 Å². The Balaban J connectivity index is 5.64. The largest absolute Gasteiger partial charge is 0.275 e. The predicted molar refractivity (Wildman–Crippen MR) is 71.9 cm³/mol. The number of halogens is 2. The number of alkyl halides is 2. The van der Waals surface area contributed by atoms with Gasteiger partial charge in [0.15, 0.2) is 10.2 Å². The molecule has 0 aliphatic carbocycles. The lowest BCUT2D eigenvalue weighted by Crippen LogP contribution is -2.73. The van der Waals surface area contributed by atoms with Crippen molar-refractivity contribution in [2.24, 2.45) is 0 Å². The minimum Gasteiger partial charge on any atom is -0.275 e. The summed E-state index contributed by atoms with van der Waals surface area (Å²) in [4.78, 5) is 7.62. The molecule has 0 fully saturated rings. The maximum Gasteiger partial charge on any atom is 0.197 e. The standard InChI is InChI=1S/C10H24Cl2N4/c1-13(2)9(11,14(3)4)10(12,15(5)6)16(7)8/h1-8H3. The second-order valence-corrected chi connectivity index (χ2v) is 5.81. The molecule has 0 rings (SSSR count). The topological polar surface area (TPSA) is 13.0 Å². The Bertz CT molecular complexity index is 189. The van der Waals surface area contributed by atoms with E-state index < -0.39 is 10.2 Å². The van der Waals surface area contributed by atoms with Gasteiger partial charge in [0.2, 0.25) is 0 Å². The van der Waals surface area contributed by atoms with Crippen LogP contribution in [0.4, 0.5) is 0 Å². The molecule has 0 N–H and O–H groups in total. The Morgan fingerprint density at radius 3 is 0.688 bits per heavy atom. The molecule has 0 spiro atoms. The third-order valence-corrected chi connectivity index (χ3v) is 4.75. The molecule has 0 radical (unpaired) electrons. The molecule has 0 amide bonds. The zero-order valence-electron chi connectivity index (χ0n) is 11.5. The van der Waals surface area contributed by atoms with Crippen molar-refractivity contribution in [3.8, 4) is 0 Å². The number of hydrogen-bond donors (Lipinski definition) is 0. The highest BCUT2D eigenvalue weighted by Gasteiger charge is 2.56. The first kappa shape index (κ1) is 16.4. The van der Waals surface area contributed by atoms with Gasteiger partial charge in [0.05, 0.1) is 0 Å². The highest BCUT2D eigenvalue weighted by Crippen LogP contribution is 2.41. The van der Waals surface area contributed by atoms with Crippen LogP contribution in [0, 0.1) is 0 Å². The number of likely N-dealkylation sites (N-methyl/N-ethyl adjacent to an activating group) is 4. The average molecular weight is 271 g/mol. The van der Waals surface area contributed by atoms with Gasteiger partial charge < -0.3 is 0 Å². The highest BCUT2D eigenvalue weighted by molar-refractivity contribution is 6.33. The van der Waals surface area contributed by atoms with E-state index in [1.807, 2.05) is 76.0 Å². The molecule has 98 valence electrons. The fourth-order valence-corrected chi connectivity index (χ4v) is 2.61. The highest BCUT2D eigenvalue weighted by atomic mass is 35.5. The maximum atomic E-state index is 6.74. The molecule has 6 heteroatoms. The Kier molecular flexibility index (Phi) is 5.52. The molecule has 0 unspecified atom stereocenters. The van der Waals surface area contributed by atoms with Crippen molar-refractivity contribution in [1.29, 1.82) is 0 Å². The zero-order valence-corrected chi connectivity index (χ0v) is 13.1. The third kappa shape index (κ3) is 2.33. The fourth-order valence-electron chi connectivity index (χ4n) is 1.94. The van der Waals surface area contributed by atoms with E-state index >= 15 is 0 Å². The first-order valence-electron chi connectivity index (χ1n) is 5.10. The SMILES string of the molecule is CN(C)C(Cl)(N(C)C)C(Cl)(N(C)C)N(C)C. The van der Waals surface area contributed by atoms with E-state index in [0.29, 0.717) is 0 Å². The molecule has 0 aromatic heterocycles. The van der Waals surface area contributed by atoms with Gasteiger partial charge >= 0.3 is 0 Å². The quantitative estimate of drug-likeness (QED) is 0.420. The molecule has 0 bridgehead atoms. The second kappa shape index (κ2) is 5.38. The summed E-state index contributed by atoms with van der Waals surface area (Å²) >= 11 is 13.5. The number of rotatable bonds is 5. The third-order valence-electron chi connectivity index (χ3n) is 2.78. The van der Waals surface area contributed by atoms with Gasteiger partial charge in [-0.2, -0.15) is 0 Å². The molecule has 0 aliphatic heterocycles. The van der Waals surface area contributed by atoms with Crippen LogP contribution >= 0.6 is 23.2 Å². The van der Waals surface area contributed by atoms with E-state index in [4.69, 9.17) is 23.2 Å². The van der Waals surface area contributed by atoms with Crippen molar-refractivity contribution < 1.29 is 0 Å². The van der Waals surface area contributed by atoms with Crippen molar-refractivity contribution in [2.75, 3.05) is 56.4 Å². The first-order chi connectivity index (χ1) is 7.02. The molecule has 0 aromatic rings. The van der Waals surface area contributed by atoms with Crippen LogP contribution in [0.3, 0.4) is 0 Å². The normalized spacial score (nSPS) is 14.6. The van der Waals surface area contributed by atoms with Gasteiger partial charge in [-0.15, -0.1) is 0 Å². The summed E-state index contributed by atoms with van der Waals surface area (Å²) in [5.74, 6) is 0. The van der Waals surface area contributed by atoms with Crippen molar-refractivity contribution in [1.82, 2.24) is 19.6 Å². The van der Waals surface area contributed by atoms with E-state index in [9.17, 15) is 0 Å². The van der Waals surface area contributed by atoms with Gasteiger partial charge in [0.1, 0.15) is 0 Å². The Morgan fingerprint density at radius 1 is 0.500 bits per heavy atom. The van der Waals surface area contributed by atoms with Crippen LogP contribution in [0.25, 0.3) is 0 Å². The number of hydrogen-bond acceptors (Lipinski definition) is 4. The van der Waals surface area contributed by atoms with Crippen molar-refractivity contribution in [3.63, 3.8) is 0 Å². The van der Waals surface area contributed by atoms with Crippen LogP contribution in [0.15, 0.2) is 0 Å². The van der Waals surface area contributed by atoms with Crippen molar-refractivity contribution >= 4 is 23.2 Å². The predicted octanol–water partition coefficient (Wildman–Crippen LogP) is 1.02. The lowest BCUT2D eigenvalue weighted by Gasteiger charge is -2.55. The van der Waals surface area contributed by atoms with E-state index in [1.54, 1.807) is 0 Å². The molecule has 16 heavy (non-hydrogen) atoms. The van der Waals surface area contributed by atoms with Gasteiger partial charge in [-0.05, 0) is 56.4 Å². The summed E-state index contributed by atoms with van der Waals surface area (Å²) in [6, 6.07) is 0. The van der Waals surface area contributed by atoms with E-state index in [0.717, 1.165) is 0 Å². The van der Waals surface area contributed by atoms with Crippen molar-refractivity contribution in [2.45, 2.75) is 10.2 Å². The van der Waals surface area contributed by atoms with Crippen LogP contribution in [0.2, 0.25) is 0 Å². The van der Waals surface area contributed by atoms with Gasteiger partial charge in [0.25, 0.3) is 0 Å². The van der Waals surface area contributed by atoms with Gasteiger partial charge in [-0.25, -0.2) is 0 Å². The lowest BCUT2D eigenvalue weighted by molar-refractivity contribution is -0.0809. The number of nitrogens with zero attached hydrogens (tertiary/aromatic N) is 4. The molecular weight excluding hydrogens is 247 g/mol. The fraction of sp³-hybridized carbons (Fsp3) is 1.00. The minimum absolute atomic E-state index is 0.846. The monoisotopic (exact) mass is 270 g/mol. The first-order valence-corrected chi connectivity index (χ1v) is 5.86. The van der Waals surface area contributed by atoms with Crippen molar-refractivity contribution in [3.05, 3.63) is 0 Å². The van der Waals surface area contributed by atoms with E-state index in [2.05, 4.69) is 0 Å². The smallest absolute Gasteiger partial charge is 0.197 e. The summed E-state index contributed by atoms with van der Waals surface area (Å²) in [6.45, 7) is 0. The molecule has 0 aromatic carbocycles. The van der Waals surface area contributed by atoms with Crippen LogP contribution in [0.1, 0.15) is 0 Å². The van der Waals surface area contributed by atoms with Crippen LogP contribution in [-0.2, 0) is 0 Å². The summed E-state index contributed by atoms with van der Waals surface area (Å²) in [7, 11) is 15.3. The molecule has 0 saturated heterocycles. The summed E-state index contributed by atoms with van der Waals surface area (Å²) < 4.78 is 0. The van der Waals surface area contributed by atoms with Crippen LogP contribution in [0.5, 0.6) is 0 Å². The van der Waals surface area contributed by atoms with Crippen LogP contribution < -0.4 is 0 Å². The van der Waals surface area contributed by atoms with E-state index in [1.165, 1.54) is 0 Å². The summed E-state index contributed by atoms with van der Waals surface area (Å²) in [5, 5.41) is -1.69. The molecule has 0 saturated carbocycles. The average Bonchev–Trinajstić information content (AvgIpc) is 2.13.